The maximum absolute atomic E-state index is 4.40. The van der Waals surface area contributed by atoms with E-state index in [1.54, 1.807) is 0 Å². The van der Waals surface area contributed by atoms with E-state index in [4.69, 9.17) is 0 Å². The maximum atomic E-state index is 4.40. The minimum absolute atomic E-state index is 0.560. The lowest BCUT2D eigenvalue weighted by Crippen LogP contribution is -2.38. The van der Waals surface area contributed by atoms with E-state index in [0.717, 1.165) is 64.0 Å². The van der Waals surface area contributed by atoms with Gasteiger partial charge in [0.2, 0.25) is 5.95 Å². The van der Waals surface area contributed by atoms with Gasteiger partial charge in [-0.2, -0.15) is 0 Å². The lowest BCUT2D eigenvalue weighted by Gasteiger charge is -2.32. The second-order valence-electron chi connectivity index (χ2n) is 7.31. The Kier molecular flexibility index (Phi) is 5.71. The van der Waals surface area contributed by atoms with Crippen LogP contribution < -0.4 is 10.2 Å². The van der Waals surface area contributed by atoms with Crippen LogP contribution in [-0.4, -0.2) is 69.1 Å². The number of piperidine rings is 1. The van der Waals surface area contributed by atoms with Crippen molar-refractivity contribution in [2.75, 3.05) is 44.2 Å². The fourth-order valence-corrected chi connectivity index (χ4v) is 3.90. The molecule has 2 fully saturated rings. The van der Waals surface area contributed by atoms with E-state index in [0.29, 0.717) is 5.92 Å². The number of rotatable bonds is 5. The molecule has 2 aliphatic rings. The average molecular weight is 356 g/mol. The fourth-order valence-electron chi connectivity index (χ4n) is 3.90. The molecule has 26 heavy (non-hydrogen) atoms. The van der Waals surface area contributed by atoms with Gasteiger partial charge in [-0.05, 0) is 44.3 Å². The number of hydrogen-bond donors (Lipinski definition) is 1. The van der Waals surface area contributed by atoms with E-state index in [-0.39, 0.29) is 0 Å². The Morgan fingerprint density at radius 1 is 1.08 bits per heavy atom. The quantitative estimate of drug-likeness (QED) is 0.848. The van der Waals surface area contributed by atoms with Gasteiger partial charge in [-0.25, -0.2) is 9.97 Å². The van der Waals surface area contributed by atoms with E-state index in [1.807, 2.05) is 23.1 Å². The summed E-state index contributed by atoms with van der Waals surface area (Å²) in [6.45, 7) is 8.23. The predicted molar refractivity (Wildman–Crippen MR) is 99.8 cm³/mol. The highest BCUT2D eigenvalue weighted by atomic mass is 15.4. The number of nitrogens with zero attached hydrogens (tertiary/aromatic N) is 7. The summed E-state index contributed by atoms with van der Waals surface area (Å²) in [5.74, 6) is 1.40. The molecule has 0 bridgehead atoms. The molecule has 1 atom stereocenters. The number of aromatic nitrogens is 5. The van der Waals surface area contributed by atoms with Gasteiger partial charge in [0.25, 0.3) is 0 Å². The first-order valence-corrected chi connectivity index (χ1v) is 9.71. The van der Waals surface area contributed by atoms with Gasteiger partial charge in [-0.3, -0.25) is 9.58 Å². The molecule has 2 aromatic heterocycles. The molecule has 4 rings (SSSR count). The lowest BCUT2D eigenvalue weighted by molar-refractivity contribution is 0.281. The number of hydrogen-bond acceptors (Lipinski definition) is 7. The molecule has 0 radical (unpaired) electrons. The molecule has 0 spiro atoms. The molecule has 0 amide bonds. The normalized spacial score (nSPS) is 22.3. The molecule has 8 nitrogen and oxygen atoms in total. The smallest absolute Gasteiger partial charge is 0.225 e. The third-order valence-corrected chi connectivity index (χ3v) is 5.20. The summed E-state index contributed by atoms with van der Waals surface area (Å²) in [4.78, 5) is 13.5. The second kappa shape index (κ2) is 8.55. The van der Waals surface area contributed by atoms with Crippen LogP contribution in [-0.2, 0) is 13.1 Å². The molecule has 2 aliphatic heterocycles. The summed E-state index contributed by atoms with van der Waals surface area (Å²) < 4.78 is 2.02. The van der Waals surface area contributed by atoms with Crippen LogP contribution in [0.2, 0.25) is 0 Å². The first-order valence-electron chi connectivity index (χ1n) is 9.71. The van der Waals surface area contributed by atoms with Crippen LogP contribution in [0.25, 0.3) is 0 Å². The Morgan fingerprint density at radius 2 is 2.00 bits per heavy atom. The summed E-state index contributed by atoms with van der Waals surface area (Å²) in [6.07, 6.45) is 9.34. The zero-order valence-corrected chi connectivity index (χ0v) is 15.3. The van der Waals surface area contributed by atoms with Crippen LogP contribution >= 0.6 is 0 Å². The number of nitrogens with one attached hydrogen (secondary N) is 1. The predicted octanol–water partition coefficient (Wildman–Crippen LogP) is 0.780. The topological polar surface area (TPSA) is 75.0 Å². The Hall–Kier alpha value is -2.06. The van der Waals surface area contributed by atoms with Crippen LogP contribution in [0.4, 0.5) is 5.95 Å². The van der Waals surface area contributed by atoms with Gasteiger partial charge >= 0.3 is 0 Å². The van der Waals surface area contributed by atoms with E-state index >= 15 is 0 Å². The van der Waals surface area contributed by atoms with Crippen LogP contribution in [0.5, 0.6) is 0 Å². The highest BCUT2D eigenvalue weighted by Crippen LogP contribution is 2.21. The van der Waals surface area contributed by atoms with Crippen molar-refractivity contribution >= 4 is 5.95 Å². The first kappa shape index (κ1) is 17.4. The van der Waals surface area contributed by atoms with Gasteiger partial charge in [0.05, 0.1) is 5.69 Å². The van der Waals surface area contributed by atoms with E-state index < -0.39 is 0 Å². The molecule has 1 N–H and O–H groups in total. The molecule has 140 valence electrons. The van der Waals surface area contributed by atoms with Gasteiger partial charge in [-0.15, -0.1) is 5.10 Å². The SMILES string of the molecule is c1cnc(N2CCCC(Cn3cc(CN4CCCNCC4)nn3)C2)nc1. The van der Waals surface area contributed by atoms with Gasteiger partial charge in [0.1, 0.15) is 0 Å². The molecule has 0 aliphatic carbocycles. The summed E-state index contributed by atoms with van der Waals surface area (Å²) >= 11 is 0. The van der Waals surface area contributed by atoms with Gasteiger partial charge < -0.3 is 10.2 Å². The molecule has 2 saturated heterocycles. The lowest BCUT2D eigenvalue weighted by atomic mass is 9.98. The van der Waals surface area contributed by atoms with Gasteiger partial charge in [-0.1, -0.05) is 5.21 Å². The van der Waals surface area contributed by atoms with Crippen molar-refractivity contribution < 1.29 is 0 Å². The summed E-state index contributed by atoms with van der Waals surface area (Å²) in [6, 6.07) is 1.86. The zero-order chi connectivity index (χ0) is 17.6. The molecule has 0 saturated carbocycles. The van der Waals surface area contributed by atoms with Crippen molar-refractivity contribution in [1.29, 1.82) is 0 Å². The number of anilines is 1. The van der Waals surface area contributed by atoms with E-state index in [2.05, 4.69) is 41.6 Å². The van der Waals surface area contributed by atoms with Crippen molar-refractivity contribution in [3.05, 3.63) is 30.4 Å². The maximum Gasteiger partial charge on any atom is 0.225 e. The fraction of sp³-hybridized carbons (Fsp3) is 0.667. The van der Waals surface area contributed by atoms with E-state index in [1.165, 1.54) is 19.3 Å². The highest BCUT2D eigenvalue weighted by molar-refractivity contribution is 5.29. The molecule has 0 aromatic carbocycles. The summed E-state index contributed by atoms with van der Waals surface area (Å²) in [7, 11) is 0. The Labute approximate surface area is 154 Å². The van der Waals surface area contributed by atoms with Gasteiger partial charge in [0.15, 0.2) is 0 Å². The second-order valence-corrected chi connectivity index (χ2v) is 7.31. The molecule has 4 heterocycles. The van der Waals surface area contributed by atoms with Crippen molar-refractivity contribution in [2.24, 2.45) is 5.92 Å². The average Bonchev–Trinajstić information content (AvgIpc) is 2.95. The minimum Gasteiger partial charge on any atom is -0.340 e. The summed E-state index contributed by atoms with van der Waals surface area (Å²) in [5, 5.41) is 12.2. The first-order chi connectivity index (χ1) is 12.9. The van der Waals surface area contributed by atoms with Crippen molar-refractivity contribution in [3.8, 4) is 0 Å². The zero-order valence-electron chi connectivity index (χ0n) is 15.3. The van der Waals surface area contributed by atoms with Crippen LogP contribution in [0.15, 0.2) is 24.7 Å². The Bertz CT molecular complexity index is 665. The van der Waals surface area contributed by atoms with Crippen molar-refractivity contribution in [1.82, 2.24) is 35.2 Å². The third kappa shape index (κ3) is 4.56. The Balaban J connectivity index is 1.32. The van der Waals surface area contributed by atoms with Crippen LogP contribution in [0.3, 0.4) is 0 Å². The largest absolute Gasteiger partial charge is 0.340 e. The third-order valence-electron chi connectivity index (χ3n) is 5.20. The highest BCUT2D eigenvalue weighted by Gasteiger charge is 2.22. The van der Waals surface area contributed by atoms with Gasteiger partial charge in [0, 0.05) is 57.9 Å². The molecule has 2 aromatic rings. The summed E-state index contributed by atoms with van der Waals surface area (Å²) in [5.41, 5.74) is 1.07. The van der Waals surface area contributed by atoms with Crippen LogP contribution in [0, 0.1) is 5.92 Å². The standard InChI is InChI=1S/C18H28N8/c1-4-16(12-25(10-1)18-20-6-2-7-21-18)13-26-15-17(22-23-26)14-24-9-3-5-19-8-11-24/h2,6-7,15-16,19H,1,3-5,8-14H2. The molecular weight excluding hydrogens is 328 g/mol. The molecule has 1 unspecified atom stereocenters. The molecule has 8 heteroatoms. The van der Waals surface area contributed by atoms with Crippen molar-refractivity contribution in [2.45, 2.75) is 32.4 Å². The molecular formula is C18H28N8. The van der Waals surface area contributed by atoms with Crippen LogP contribution in [0.1, 0.15) is 25.0 Å². The minimum atomic E-state index is 0.560. The monoisotopic (exact) mass is 356 g/mol. The van der Waals surface area contributed by atoms with E-state index in [9.17, 15) is 0 Å². The Morgan fingerprint density at radius 3 is 2.92 bits per heavy atom. The van der Waals surface area contributed by atoms with Crippen molar-refractivity contribution in [3.63, 3.8) is 0 Å².